The first-order valence-electron chi connectivity index (χ1n) is 6.18. The summed E-state index contributed by atoms with van der Waals surface area (Å²) in [7, 11) is 0. The second kappa shape index (κ2) is 5.96. The summed E-state index contributed by atoms with van der Waals surface area (Å²) >= 11 is 3.38. The molecule has 0 heterocycles. The van der Waals surface area contributed by atoms with Crippen LogP contribution in [-0.2, 0) is 0 Å². The standard InChI is InChI=1S/C15H16BrN3O/c1-9(10-2-4-12(16)5-3-10)19-15(20)11-6-13(17)8-14(18)7-11/h2-9H,17-18H2,1H3,(H,19,20)/t9-/m0/s1. The van der Waals surface area contributed by atoms with Gasteiger partial charge in [-0.15, -0.1) is 0 Å². The van der Waals surface area contributed by atoms with Crippen LogP contribution in [-0.4, -0.2) is 5.91 Å². The lowest BCUT2D eigenvalue weighted by Gasteiger charge is -2.15. The van der Waals surface area contributed by atoms with Crippen molar-refractivity contribution in [2.75, 3.05) is 11.5 Å². The second-order valence-corrected chi connectivity index (χ2v) is 5.55. The molecule has 0 unspecified atom stereocenters. The molecule has 5 N–H and O–H groups in total. The molecular weight excluding hydrogens is 318 g/mol. The molecule has 1 amide bonds. The van der Waals surface area contributed by atoms with Crippen molar-refractivity contribution in [1.82, 2.24) is 5.32 Å². The molecule has 0 aliphatic rings. The van der Waals surface area contributed by atoms with Crippen molar-refractivity contribution >= 4 is 33.2 Å². The van der Waals surface area contributed by atoms with E-state index < -0.39 is 0 Å². The molecule has 0 bridgehead atoms. The van der Waals surface area contributed by atoms with Crippen LogP contribution in [0.3, 0.4) is 0 Å². The van der Waals surface area contributed by atoms with E-state index in [0.717, 1.165) is 10.0 Å². The molecule has 5 heteroatoms. The number of halogens is 1. The van der Waals surface area contributed by atoms with E-state index in [-0.39, 0.29) is 11.9 Å². The fraction of sp³-hybridized carbons (Fsp3) is 0.133. The van der Waals surface area contributed by atoms with E-state index in [1.165, 1.54) is 0 Å². The maximum atomic E-state index is 12.2. The summed E-state index contributed by atoms with van der Waals surface area (Å²) in [6, 6.07) is 12.5. The molecule has 4 nitrogen and oxygen atoms in total. The molecule has 0 aliphatic heterocycles. The van der Waals surface area contributed by atoms with Crippen molar-refractivity contribution in [2.24, 2.45) is 0 Å². The number of carbonyl (C=O) groups is 1. The summed E-state index contributed by atoms with van der Waals surface area (Å²) in [6.45, 7) is 1.93. The van der Waals surface area contributed by atoms with Gasteiger partial charge in [0.05, 0.1) is 6.04 Å². The lowest BCUT2D eigenvalue weighted by Crippen LogP contribution is -2.26. The minimum absolute atomic E-state index is 0.0988. The molecule has 2 rings (SSSR count). The van der Waals surface area contributed by atoms with Crippen LogP contribution in [0.1, 0.15) is 28.9 Å². The number of benzene rings is 2. The largest absolute Gasteiger partial charge is 0.399 e. The third kappa shape index (κ3) is 3.51. The Morgan fingerprint density at radius 2 is 1.65 bits per heavy atom. The van der Waals surface area contributed by atoms with Gasteiger partial charge in [0.25, 0.3) is 5.91 Å². The average Bonchev–Trinajstić information content (AvgIpc) is 2.38. The summed E-state index contributed by atoms with van der Waals surface area (Å²) in [4.78, 5) is 12.2. The maximum absolute atomic E-state index is 12.2. The number of carbonyl (C=O) groups excluding carboxylic acids is 1. The molecule has 0 saturated heterocycles. The Morgan fingerprint density at radius 1 is 1.10 bits per heavy atom. The lowest BCUT2D eigenvalue weighted by molar-refractivity contribution is 0.0940. The Hall–Kier alpha value is -2.01. The molecule has 0 radical (unpaired) electrons. The van der Waals surface area contributed by atoms with Crippen LogP contribution >= 0.6 is 15.9 Å². The summed E-state index contributed by atoms with van der Waals surface area (Å²) < 4.78 is 1.00. The van der Waals surface area contributed by atoms with Gasteiger partial charge in [0.2, 0.25) is 0 Å². The van der Waals surface area contributed by atoms with Crippen molar-refractivity contribution in [3.05, 3.63) is 58.1 Å². The Morgan fingerprint density at radius 3 is 2.20 bits per heavy atom. The number of hydrogen-bond acceptors (Lipinski definition) is 3. The van der Waals surface area contributed by atoms with Crippen molar-refractivity contribution in [2.45, 2.75) is 13.0 Å². The van der Waals surface area contributed by atoms with Gasteiger partial charge in [-0.3, -0.25) is 4.79 Å². The van der Waals surface area contributed by atoms with Crippen LogP contribution < -0.4 is 16.8 Å². The fourth-order valence-electron chi connectivity index (χ4n) is 1.92. The van der Waals surface area contributed by atoms with Gasteiger partial charge < -0.3 is 16.8 Å². The number of rotatable bonds is 3. The quantitative estimate of drug-likeness (QED) is 0.755. The van der Waals surface area contributed by atoms with Crippen molar-refractivity contribution in [3.63, 3.8) is 0 Å². The first kappa shape index (κ1) is 14.4. The van der Waals surface area contributed by atoms with E-state index in [1.807, 2.05) is 31.2 Å². The molecule has 0 saturated carbocycles. The zero-order chi connectivity index (χ0) is 14.7. The number of nitrogens with two attached hydrogens (primary N) is 2. The summed E-state index contributed by atoms with van der Waals surface area (Å²) in [5, 5.41) is 2.92. The highest BCUT2D eigenvalue weighted by molar-refractivity contribution is 9.10. The number of nitrogen functional groups attached to an aromatic ring is 2. The van der Waals surface area contributed by atoms with E-state index in [0.29, 0.717) is 16.9 Å². The predicted molar refractivity (Wildman–Crippen MR) is 85.3 cm³/mol. The third-order valence-electron chi connectivity index (χ3n) is 2.96. The lowest BCUT2D eigenvalue weighted by atomic mass is 10.1. The normalized spacial score (nSPS) is 11.9. The summed E-state index contributed by atoms with van der Waals surface area (Å²) in [6.07, 6.45) is 0. The average molecular weight is 334 g/mol. The van der Waals surface area contributed by atoms with Gasteiger partial charge in [-0.2, -0.15) is 0 Å². The number of anilines is 2. The van der Waals surface area contributed by atoms with Crippen LogP contribution in [0.25, 0.3) is 0 Å². The number of nitrogens with one attached hydrogen (secondary N) is 1. The first-order chi connectivity index (χ1) is 9.45. The number of amides is 1. The predicted octanol–water partition coefficient (Wildman–Crippen LogP) is 3.10. The smallest absolute Gasteiger partial charge is 0.251 e. The van der Waals surface area contributed by atoms with Gasteiger partial charge in [-0.25, -0.2) is 0 Å². The van der Waals surface area contributed by atoms with Crippen molar-refractivity contribution in [1.29, 1.82) is 0 Å². The Labute approximate surface area is 126 Å². The van der Waals surface area contributed by atoms with Gasteiger partial charge >= 0.3 is 0 Å². The zero-order valence-corrected chi connectivity index (χ0v) is 12.6. The molecule has 20 heavy (non-hydrogen) atoms. The van der Waals surface area contributed by atoms with Crippen molar-refractivity contribution < 1.29 is 4.79 Å². The van der Waals surface area contributed by atoms with Crippen LogP contribution in [0, 0.1) is 0 Å². The highest BCUT2D eigenvalue weighted by Gasteiger charge is 2.12. The van der Waals surface area contributed by atoms with Crippen LogP contribution in [0.5, 0.6) is 0 Å². The molecule has 2 aromatic rings. The SMILES string of the molecule is C[C@H](NC(=O)c1cc(N)cc(N)c1)c1ccc(Br)cc1. The fourth-order valence-corrected chi connectivity index (χ4v) is 2.19. The maximum Gasteiger partial charge on any atom is 0.251 e. The van der Waals surface area contributed by atoms with Crippen LogP contribution in [0.4, 0.5) is 11.4 Å². The van der Waals surface area contributed by atoms with E-state index in [4.69, 9.17) is 11.5 Å². The van der Waals surface area contributed by atoms with Gasteiger partial charge in [-0.1, -0.05) is 28.1 Å². The molecule has 1 atom stereocenters. The Balaban J connectivity index is 2.12. The highest BCUT2D eigenvalue weighted by Crippen LogP contribution is 2.18. The summed E-state index contributed by atoms with van der Waals surface area (Å²) in [5.74, 6) is -0.195. The minimum Gasteiger partial charge on any atom is -0.399 e. The van der Waals surface area contributed by atoms with E-state index in [1.54, 1.807) is 18.2 Å². The van der Waals surface area contributed by atoms with Gasteiger partial charge in [-0.05, 0) is 42.8 Å². The van der Waals surface area contributed by atoms with Crippen LogP contribution in [0.2, 0.25) is 0 Å². The molecule has 0 aromatic heterocycles. The molecule has 0 fully saturated rings. The number of hydrogen-bond donors (Lipinski definition) is 3. The minimum atomic E-state index is -0.195. The van der Waals surface area contributed by atoms with E-state index >= 15 is 0 Å². The second-order valence-electron chi connectivity index (χ2n) is 4.64. The van der Waals surface area contributed by atoms with Crippen LogP contribution in [0.15, 0.2) is 46.9 Å². The van der Waals surface area contributed by atoms with E-state index in [2.05, 4.69) is 21.2 Å². The van der Waals surface area contributed by atoms with Gasteiger partial charge in [0.15, 0.2) is 0 Å². The third-order valence-corrected chi connectivity index (χ3v) is 3.49. The Kier molecular flexibility index (Phi) is 4.29. The van der Waals surface area contributed by atoms with Gasteiger partial charge in [0, 0.05) is 21.4 Å². The molecular formula is C15H16BrN3O. The molecule has 0 aliphatic carbocycles. The zero-order valence-electron chi connectivity index (χ0n) is 11.1. The van der Waals surface area contributed by atoms with Gasteiger partial charge in [0.1, 0.15) is 0 Å². The van der Waals surface area contributed by atoms with E-state index in [9.17, 15) is 4.79 Å². The first-order valence-corrected chi connectivity index (χ1v) is 6.97. The van der Waals surface area contributed by atoms with Crippen molar-refractivity contribution in [3.8, 4) is 0 Å². The molecule has 2 aromatic carbocycles. The Bertz CT molecular complexity index is 605. The monoisotopic (exact) mass is 333 g/mol. The molecule has 0 spiro atoms. The highest BCUT2D eigenvalue weighted by atomic mass is 79.9. The summed E-state index contributed by atoms with van der Waals surface area (Å²) in [5.41, 5.74) is 13.8. The molecule has 104 valence electrons. The topological polar surface area (TPSA) is 81.1 Å².